The van der Waals surface area contributed by atoms with Crippen molar-refractivity contribution in [2.45, 2.75) is 18.8 Å². The van der Waals surface area contributed by atoms with Crippen LogP contribution < -0.4 is 5.32 Å². The molecule has 0 saturated carbocycles. The van der Waals surface area contributed by atoms with Crippen LogP contribution in [0.4, 0.5) is 4.39 Å². The van der Waals surface area contributed by atoms with Crippen molar-refractivity contribution in [1.82, 2.24) is 15.5 Å². The van der Waals surface area contributed by atoms with Gasteiger partial charge in [0.25, 0.3) is 0 Å². The monoisotopic (exact) mass is 325 g/mol. The Kier molecular flexibility index (Phi) is 3.61. The maximum Gasteiger partial charge on any atom is 0.230 e. The highest BCUT2D eigenvalue weighted by atomic mass is 79.9. The van der Waals surface area contributed by atoms with E-state index in [0.29, 0.717) is 22.1 Å². The van der Waals surface area contributed by atoms with E-state index in [1.54, 1.807) is 12.1 Å². The van der Waals surface area contributed by atoms with Crippen molar-refractivity contribution in [2.24, 2.45) is 0 Å². The summed E-state index contributed by atoms with van der Waals surface area (Å²) in [6.45, 7) is 1.95. The Morgan fingerprint density at radius 3 is 2.84 bits per heavy atom. The lowest BCUT2D eigenvalue weighted by Gasteiger charge is -2.18. The van der Waals surface area contributed by atoms with Crippen molar-refractivity contribution < 1.29 is 8.91 Å². The second kappa shape index (κ2) is 5.38. The maximum absolute atomic E-state index is 13.2. The highest BCUT2D eigenvalue weighted by Gasteiger charge is 2.21. The van der Waals surface area contributed by atoms with Gasteiger partial charge in [0.15, 0.2) is 0 Å². The molecule has 6 heteroatoms. The zero-order chi connectivity index (χ0) is 13.2. The molecule has 0 unspecified atom stereocenters. The summed E-state index contributed by atoms with van der Waals surface area (Å²) < 4.78 is 18.9. The van der Waals surface area contributed by atoms with Gasteiger partial charge in [-0.05, 0) is 60.1 Å². The van der Waals surface area contributed by atoms with Crippen molar-refractivity contribution in [3.8, 4) is 11.4 Å². The number of benzene rings is 1. The summed E-state index contributed by atoms with van der Waals surface area (Å²) in [6, 6.07) is 4.70. The van der Waals surface area contributed by atoms with Crippen LogP contribution in [0.2, 0.25) is 0 Å². The van der Waals surface area contributed by atoms with E-state index in [0.717, 1.165) is 31.5 Å². The van der Waals surface area contributed by atoms with Gasteiger partial charge in [0.1, 0.15) is 5.82 Å². The zero-order valence-corrected chi connectivity index (χ0v) is 11.8. The van der Waals surface area contributed by atoms with Gasteiger partial charge in [0, 0.05) is 11.5 Å². The van der Waals surface area contributed by atoms with Crippen molar-refractivity contribution in [2.75, 3.05) is 13.1 Å². The molecule has 2 heterocycles. The molecule has 1 N–H and O–H groups in total. The molecule has 100 valence electrons. The molecule has 0 amide bonds. The van der Waals surface area contributed by atoms with E-state index in [9.17, 15) is 4.39 Å². The van der Waals surface area contributed by atoms with Crippen LogP contribution in [-0.4, -0.2) is 23.2 Å². The number of aromatic nitrogens is 2. The molecule has 4 nitrogen and oxygen atoms in total. The minimum atomic E-state index is -0.300. The van der Waals surface area contributed by atoms with Crippen LogP contribution in [0.3, 0.4) is 0 Å². The van der Waals surface area contributed by atoms with Gasteiger partial charge in [-0.15, -0.1) is 0 Å². The SMILES string of the molecule is Fc1ccc(-c2noc(C3CCNCC3)n2)cc1Br. The number of piperidine rings is 1. The van der Waals surface area contributed by atoms with E-state index in [4.69, 9.17) is 4.52 Å². The van der Waals surface area contributed by atoms with Crippen LogP contribution in [0.15, 0.2) is 27.2 Å². The Balaban J connectivity index is 1.85. The number of rotatable bonds is 2. The molecule has 1 aromatic heterocycles. The topological polar surface area (TPSA) is 51.0 Å². The van der Waals surface area contributed by atoms with Gasteiger partial charge in [0.2, 0.25) is 11.7 Å². The highest BCUT2D eigenvalue weighted by Crippen LogP contribution is 2.27. The Morgan fingerprint density at radius 1 is 1.32 bits per heavy atom. The summed E-state index contributed by atoms with van der Waals surface area (Å²) in [6.07, 6.45) is 2.02. The summed E-state index contributed by atoms with van der Waals surface area (Å²) in [4.78, 5) is 4.43. The van der Waals surface area contributed by atoms with Crippen LogP contribution in [0.5, 0.6) is 0 Å². The standard InChI is InChI=1S/C13H13BrFN3O/c14-10-7-9(1-2-11(10)15)12-17-13(19-18-12)8-3-5-16-6-4-8/h1-2,7-8,16H,3-6H2. The molecule has 19 heavy (non-hydrogen) atoms. The van der Waals surface area contributed by atoms with E-state index in [2.05, 4.69) is 31.4 Å². The lowest BCUT2D eigenvalue weighted by Crippen LogP contribution is -2.26. The molecule has 1 aliphatic heterocycles. The highest BCUT2D eigenvalue weighted by molar-refractivity contribution is 9.10. The summed E-state index contributed by atoms with van der Waals surface area (Å²) in [7, 11) is 0. The number of halogens is 2. The van der Waals surface area contributed by atoms with Gasteiger partial charge in [-0.3, -0.25) is 0 Å². The minimum Gasteiger partial charge on any atom is -0.339 e. The fourth-order valence-electron chi connectivity index (χ4n) is 2.22. The quantitative estimate of drug-likeness (QED) is 0.921. The number of nitrogens with one attached hydrogen (secondary N) is 1. The first-order valence-electron chi connectivity index (χ1n) is 6.24. The second-order valence-electron chi connectivity index (χ2n) is 4.61. The summed E-state index contributed by atoms with van der Waals surface area (Å²) in [5.41, 5.74) is 0.747. The molecule has 0 bridgehead atoms. The third-order valence-corrected chi connectivity index (χ3v) is 3.92. The van der Waals surface area contributed by atoms with Gasteiger partial charge in [0.05, 0.1) is 4.47 Å². The van der Waals surface area contributed by atoms with E-state index >= 15 is 0 Å². The molecule has 3 rings (SSSR count). The fraction of sp³-hybridized carbons (Fsp3) is 0.385. The molecular weight excluding hydrogens is 313 g/mol. The molecule has 0 radical (unpaired) electrons. The fourth-order valence-corrected chi connectivity index (χ4v) is 2.60. The summed E-state index contributed by atoms with van der Waals surface area (Å²) in [5.74, 6) is 1.21. The molecule has 2 aromatic rings. The van der Waals surface area contributed by atoms with Gasteiger partial charge >= 0.3 is 0 Å². The normalized spacial score (nSPS) is 16.7. The second-order valence-corrected chi connectivity index (χ2v) is 5.46. The Labute approximate surface area is 118 Å². The molecule has 0 aliphatic carbocycles. The van der Waals surface area contributed by atoms with Crippen molar-refractivity contribution in [3.63, 3.8) is 0 Å². The van der Waals surface area contributed by atoms with E-state index in [-0.39, 0.29) is 5.82 Å². The molecule has 1 aliphatic rings. The van der Waals surface area contributed by atoms with Crippen molar-refractivity contribution in [1.29, 1.82) is 0 Å². The first kappa shape index (κ1) is 12.7. The summed E-state index contributed by atoms with van der Waals surface area (Å²) in [5, 5.41) is 7.28. The summed E-state index contributed by atoms with van der Waals surface area (Å²) >= 11 is 3.16. The van der Waals surface area contributed by atoms with Crippen LogP contribution in [0, 0.1) is 5.82 Å². The maximum atomic E-state index is 13.2. The number of hydrogen-bond acceptors (Lipinski definition) is 4. The van der Waals surface area contributed by atoms with Crippen LogP contribution in [0.25, 0.3) is 11.4 Å². The average Bonchev–Trinajstić information content (AvgIpc) is 2.93. The molecule has 0 spiro atoms. The predicted octanol–water partition coefficient (Wildman–Crippen LogP) is 3.11. The largest absolute Gasteiger partial charge is 0.339 e. The van der Waals surface area contributed by atoms with E-state index < -0.39 is 0 Å². The van der Waals surface area contributed by atoms with Gasteiger partial charge in [-0.2, -0.15) is 4.98 Å². The first-order chi connectivity index (χ1) is 9.24. The third kappa shape index (κ3) is 2.69. The number of nitrogens with zero attached hydrogens (tertiary/aromatic N) is 2. The minimum absolute atomic E-state index is 0.300. The lowest BCUT2D eigenvalue weighted by atomic mass is 9.98. The Hall–Kier alpha value is -1.27. The molecule has 0 atom stereocenters. The van der Waals surface area contributed by atoms with Crippen LogP contribution in [0.1, 0.15) is 24.7 Å². The lowest BCUT2D eigenvalue weighted by molar-refractivity contribution is 0.320. The molecule has 1 aromatic carbocycles. The first-order valence-corrected chi connectivity index (χ1v) is 7.03. The van der Waals surface area contributed by atoms with Gasteiger partial charge < -0.3 is 9.84 Å². The van der Waals surface area contributed by atoms with E-state index in [1.165, 1.54) is 6.07 Å². The average molecular weight is 326 g/mol. The van der Waals surface area contributed by atoms with Gasteiger partial charge in [-0.1, -0.05) is 5.16 Å². The van der Waals surface area contributed by atoms with Crippen molar-refractivity contribution in [3.05, 3.63) is 34.4 Å². The molecule has 1 saturated heterocycles. The van der Waals surface area contributed by atoms with Crippen molar-refractivity contribution >= 4 is 15.9 Å². The van der Waals surface area contributed by atoms with Crippen LogP contribution in [-0.2, 0) is 0 Å². The van der Waals surface area contributed by atoms with Gasteiger partial charge in [-0.25, -0.2) is 4.39 Å². The van der Waals surface area contributed by atoms with Crippen LogP contribution >= 0.6 is 15.9 Å². The molecular formula is C13H13BrFN3O. The Morgan fingerprint density at radius 2 is 2.11 bits per heavy atom. The molecule has 1 fully saturated rings. The predicted molar refractivity (Wildman–Crippen MR) is 72.2 cm³/mol. The van der Waals surface area contributed by atoms with E-state index in [1.807, 2.05) is 0 Å². The smallest absolute Gasteiger partial charge is 0.230 e. The Bertz CT molecular complexity index is 581. The zero-order valence-electron chi connectivity index (χ0n) is 10.2. The third-order valence-electron chi connectivity index (χ3n) is 3.31. The number of hydrogen-bond donors (Lipinski definition) is 1.